The summed E-state index contributed by atoms with van der Waals surface area (Å²) in [5, 5.41) is 10.7. The van der Waals surface area contributed by atoms with E-state index >= 15 is 0 Å². The fourth-order valence-electron chi connectivity index (χ4n) is 4.12. The molecule has 0 unspecified atom stereocenters. The molecule has 3 heterocycles. The van der Waals surface area contributed by atoms with Crippen LogP contribution < -0.4 is 15.0 Å². The van der Waals surface area contributed by atoms with E-state index in [2.05, 4.69) is 15.5 Å². The summed E-state index contributed by atoms with van der Waals surface area (Å²) in [6, 6.07) is 8.77. The largest absolute Gasteiger partial charge is 0.435 e. The summed E-state index contributed by atoms with van der Waals surface area (Å²) in [5.74, 6) is -1.23. The SMILES string of the molecule is Cc1cc2c(cc1F)NC(=O)c1cc(N3CCN(C(=O)c4ccccc4C(F)(F)F)CC3)nnc1O2. The van der Waals surface area contributed by atoms with Crippen LogP contribution in [0, 0.1) is 12.7 Å². The van der Waals surface area contributed by atoms with Gasteiger partial charge >= 0.3 is 6.18 Å². The number of anilines is 2. The molecule has 0 saturated carbocycles. The topological polar surface area (TPSA) is 87.7 Å². The number of alkyl halides is 3. The van der Waals surface area contributed by atoms with Crippen molar-refractivity contribution < 1.29 is 31.9 Å². The second kappa shape index (κ2) is 8.77. The van der Waals surface area contributed by atoms with Gasteiger partial charge in [-0.05, 0) is 30.7 Å². The van der Waals surface area contributed by atoms with E-state index in [1.165, 1.54) is 35.2 Å². The van der Waals surface area contributed by atoms with Crippen molar-refractivity contribution in [3.8, 4) is 11.6 Å². The van der Waals surface area contributed by atoms with Gasteiger partial charge in [-0.3, -0.25) is 9.59 Å². The number of ether oxygens (including phenoxy) is 1. The van der Waals surface area contributed by atoms with Crippen LogP contribution in [-0.2, 0) is 6.18 Å². The Morgan fingerprint density at radius 3 is 2.50 bits per heavy atom. The van der Waals surface area contributed by atoms with Gasteiger partial charge in [-0.15, -0.1) is 10.2 Å². The molecular weight excluding hydrogens is 482 g/mol. The lowest BCUT2D eigenvalue weighted by atomic mass is 10.1. The van der Waals surface area contributed by atoms with E-state index < -0.39 is 34.9 Å². The lowest BCUT2D eigenvalue weighted by molar-refractivity contribution is -0.138. The Balaban J connectivity index is 1.32. The minimum Gasteiger partial charge on any atom is -0.435 e. The Kier molecular flexibility index (Phi) is 5.73. The molecule has 1 aromatic heterocycles. The van der Waals surface area contributed by atoms with E-state index in [1.54, 1.807) is 11.8 Å². The summed E-state index contributed by atoms with van der Waals surface area (Å²) >= 11 is 0. The normalized spacial score (nSPS) is 15.4. The second-order valence-electron chi connectivity index (χ2n) is 8.40. The zero-order valence-corrected chi connectivity index (χ0v) is 18.9. The number of rotatable bonds is 2. The first-order valence-corrected chi connectivity index (χ1v) is 11.0. The molecule has 36 heavy (non-hydrogen) atoms. The molecule has 3 aromatic rings. The van der Waals surface area contributed by atoms with Crippen LogP contribution in [0.3, 0.4) is 0 Å². The van der Waals surface area contributed by atoms with Crippen LogP contribution in [0.15, 0.2) is 42.5 Å². The van der Waals surface area contributed by atoms with Crippen LogP contribution in [0.2, 0.25) is 0 Å². The number of amides is 2. The Labute approximate surface area is 202 Å². The van der Waals surface area contributed by atoms with Crippen molar-refractivity contribution in [1.29, 1.82) is 0 Å². The number of carbonyl (C=O) groups is 2. The predicted molar refractivity (Wildman–Crippen MR) is 121 cm³/mol. The summed E-state index contributed by atoms with van der Waals surface area (Å²) < 4.78 is 59.6. The van der Waals surface area contributed by atoms with Crippen LogP contribution in [0.5, 0.6) is 11.6 Å². The maximum atomic E-state index is 14.0. The van der Waals surface area contributed by atoms with Gasteiger partial charge < -0.3 is 19.9 Å². The number of aromatic nitrogens is 2. The van der Waals surface area contributed by atoms with Crippen molar-refractivity contribution in [2.75, 3.05) is 36.4 Å². The molecule has 2 aliphatic heterocycles. The molecule has 1 saturated heterocycles. The van der Waals surface area contributed by atoms with Gasteiger partial charge in [0, 0.05) is 38.3 Å². The van der Waals surface area contributed by atoms with Gasteiger partial charge in [0.15, 0.2) is 11.6 Å². The minimum absolute atomic E-state index is 0.0430. The van der Waals surface area contributed by atoms with Crippen molar-refractivity contribution in [3.63, 3.8) is 0 Å². The number of aryl methyl sites for hydroxylation is 1. The standard InChI is InChI=1S/C24H19F4N5O3/c1-13-10-19-18(12-17(13)25)29-21(34)15-11-20(30-31-22(15)36-19)32-6-8-33(9-7-32)23(35)14-4-2-3-5-16(14)24(26,27)28/h2-5,10-12H,6-9H2,1H3,(H,29,34). The summed E-state index contributed by atoms with van der Waals surface area (Å²) in [6.07, 6.45) is -4.64. The smallest absolute Gasteiger partial charge is 0.417 e. The maximum Gasteiger partial charge on any atom is 0.417 e. The lowest BCUT2D eigenvalue weighted by Gasteiger charge is -2.35. The number of benzene rings is 2. The minimum atomic E-state index is -4.64. The Morgan fingerprint density at radius 1 is 1.06 bits per heavy atom. The number of nitrogens with zero attached hydrogens (tertiary/aromatic N) is 4. The van der Waals surface area contributed by atoms with Crippen molar-refractivity contribution in [1.82, 2.24) is 15.1 Å². The van der Waals surface area contributed by atoms with Gasteiger partial charge in [-0.1, -0.05) is 12.1 Å². The number of nitrogens with one attached hydrogen (secondary N) is 1. The van der Waals surface area contributed by atoms with Crippen LogP contribution in [-0.4, -0.2) is 53.1 Å². The molecule has 12 heteroatoms. The number of hydrogen-bond donors (Lipinski definition) is 1. The summed E-state index contributed by atoms with van der Waals surface area (Å²) in [7, 11) is 0. The molecule has 0 bridgehead atoms. The van der Waals surface area contributed by atoms with Crippen molar-refractivity contribution in [2.24, 2.45) is 0 Å². The summed E-state index contributed by atoms with van der Waals surface area (Å²) in [4.78, 5) is 28.7. The summed E-state index contributed by atoms with van der Waals surface area (Å²) in [5.41, 5.74) is -0.790. The number of piperazine rings is 1. The van der Waals surface area contributed by atoms with Crippen molar-refractivity contribution in [3.05, 3.63) is 70.5 Å². The monoisotopic (exact) mass is 501 g/mol. The van der Waals surface area contributed by atoms with Gasteiger partial charge in [0.1, 0.15) is 11.4 Å². The molecule has 2 amide bonds. The molecule has 0 radical (unpaired) electrons. The lowest BCUT2D eigenvalue weighted by Crippen LogP contribution is -2.49. The van der Waals surface area contributed by atoms with E-state index in [-0.39, 0.29) is 49.1 Å². The third kappa shape index (κ3) is 4.30. The fraction of sp³-hybridized carbons (Fsp3) is 0.250. The second-order valence-corrected chi connectivity index (χ2v) is 8.40. The zero-order chi connectivity index (χ0) is 25.6. The number of halogens is 4. The molecule has 1 N–H and O–H groups in total. The van der Waals surface area contributed by atoms with Gasteiger partial charge in [-0.2, -0.15) is 13.2 Å². The molecule has 2 aliphatic rings. The van der Waals surface area contributed by atoms with Gasteiger partial charge in [0.25, 0.3) is 17.7 Å². The highest BCUT2D eigenvalue weighted by Gasteiger charge is 2.36. The van der Waals surface area contributed by atoms with Crippen LogP contribution >= 0.6 is 0 Å². The molecule has 0 atom stereocenters. The van der Waals surface area contributed by atoms with E-state index in [4.69, 9.17) is 4.74 Å². The van der Waals surface area contributed by atoms with Gasteiger partial charge in [0.2, 0.25) is 0 Å². The molecule has 1 fully saturated rings. The molecular formula is C24H19F4N5O3. The van der Waals surface area contributed by atoms with Crippen LogP contribution in [0.25, 0.3) is 0 Å². The fourth-order valence-corrected chi connectivity index (χ4v) is 4.12. The predicted octanol–water partition coefficient (Wildman–Crippen LogP) is 4.26. The van der Waals surface area contributed by atoms with E-state index in [9.17, 15) is 27.2 Å². The molecule has 0 aliphatic carbocycles. The van der Waals surface area contributed by atoms with E-state index in [0.717, 1.165) is 12.1 Å². The zero-order valence-electron chi connectivity index (χ0n) is 18.9. The summed E-state index contributed by atoms with van der Waals surface area (Å²) in [6.45, 7) is 2.39. The average Bonchev–Trinajstić information content (AvgIpc) is 2.99. The van der Waals surface area contributed by atoms with Gasteiger partial charge in [0.05, 0.1) is 16.8 Å². The number of carbonyl (C=O) groups excluding carboxylic acids is 2. The highest BCUT2D eigenvalue weighted by Crippen LogP contribution is 2.37. The van der Waals surface area contributed by atoms with Crippen molar-refractivity contribution >= 4 is 23.3 Å². The highest BCUT2D eigenvalue weighted by atomic mass is 19.4. The maximum absolute atomic E-state index is 14.0. The molecule has 5 rings (SSSR count). The highest BCUT2D eigenvalue weighted by molar-refractivity contribution is 6.08. The Hall–Kier alpha value is -4.22. The number of hydrogen-bond acceptors (Lipinski definition) is 6. The Morgan fingerprint density at radius 2 is 1.78 bits per heavy atom. The third-order valence-corrected chi connectivity index (χ3v) is 6.06. The first-order valence-electron chi connectivity index (χ1n) is 11.0. The third-order valence-electron chi connectivity index (χ3n) is 6.06. The van der Waals surface area contributed by atoms with Crippen molar-refractivity contribution in [2.45, 2.75) is 13.1 Å². The molecule has 2 aromatic carbocycles. The van der Waals surface area contributed by atoms with Crippen LogP contribution in [0.1, 0.15) is 31.8 Å². The molecule has 8 nitrogen and oxygen atoms in total. The molecule has 0 spiro atoms. The van der Waals surface area contributed by atoms with Crippen LogP contribution in [0.4, 0.5) is 29.1 Å². The quantitative estimate of drug-likeness (QED) is 0.528. The van der Waals surface area contributed by atoms with E-state index in [0.29, 0.717) is 11.4 Å². The van der Waals surface area contributed by atoms with E-state index in [1.807, 2.05) is 0 Å². The first kappa shape index (κ1) is 23.5. The first-order chi connectivity index (χ1) is 17.1. The van der Waals surface area contributed by atoms with Gasteiger partial charge in [-0.25, -0.2) is 4.39 Å². The number of fused-ring (bicyclic) bond motifs is 2. The Bertz CT molecular complexity index is 1370. The molecule has 186 valence electrons. The average molecular weight is 501 g/mol.